The molecule has 0 bridgehead atoms. The number of thiophene rings is 1. The van der Waals surface area contributed by atoms with Crippen LogP contribution in [0.1, 0.15) is 34.4 Å². The zero-order chi connectivity index (χ0) is 17.9. The van der Waals surface area contributed by atoms with Gasteiger partial charge in [-0.15, -0.1) is 21.5 Å². The van der Waals surface area contributed by atoms with Crippen LogP contribution in [-0.4, -0.2) is 49.0 Å². The molecule has 0 saturated carbocycles. The zero-order valence-corrected chi connectivity index (χ0v) is 16.3. The number of piperidine rings is 1. The van der Waals surface area contributed by atoms with Gasteiger partial charge in [-0.25, -0.2) is 0 Å². The molecule has 2 aliphatic rings. The molecule has 1 N–H and O–H groups in total. The van der Waals surface area contributed by atoms with Gasteiger partial charge in [0.2, 0.25) is 5.13 Å². The second-order valence-electron chi connectivity index (χ2n) is 6.43. The van der Waals surface area contributed by atoms with Crippen LogP contribution in [0.15, 0.2) is 5.38 Å². The molecule has 26 heavy (non-hydrogen) atoms. The van der Waals surface area contributed by atoms with Gasteiger partial charge in [-0.2, -0.15) is 0 Å². The van der Waals surface area contributed by atoms with E-state index in [1.165, 1.54) is 11.3 Å². The van der Waals surface area contributed by atoms with E-state index in [2.05, 4.69) is 27.3 Å². The summed E-state index contributed by atoms with van der Waals surface area (Å²) < 4.78 is 11.1. The number of carbonyl (C=O) groups is 1. The fraction of sp³-hybridized carbons (Fsp3) is 0.588. The van der Waals surface area contributed by atoms with Gasteiger partial charge in [0.05, 0.1) is 0 Å². The SMILES string of the molecule is CCc1nnc(N2CCC(CNC(=O)c3scc4c3OCCO4)CC2)s1. The molecule has 2 aromatic rings. The number of hydrogen-bond acceptors (Lipinski definition) is 8. The molecule has 0 spiro atoms. The Morgan fingerprint density at radius 3 is 2.88 bits per heavy atom. The topological polar surface area (TPSA) is 76.6 Å². The van der Waals surface area contributed by atoms with E-state index in [1.807, 2.05) is 5.38 Å². The predicted octanol–water partition coefficient (Wildman–Crippen LogP) is 2.58. The second-order valence-corrected chi connectivity index (χ2v) is 8.35. The Hall–Kier alpha value is -1.87. The number of ether oxygens (including phenoxy) is 2. The summed E-state index contributed by atoms with van der Waals surface area (Å²) in [7, 11) is 0. The number of amides is 1. The number of aromatic nitrogens is 2. The minimum atomic E-state index is -0.0686. The van der Waals surface area contributed by atoms with E-state index < -0.39 is 0 Å². The first-order valence-corrected chi connectivity index (χ1v) is 10.7. The number of nitrogens with zero attached hydrogens (tertiary/aromatic N) is 3. The summed E-state index contributed by atoms with van der Waals surface area (Å²) in [6.07, 6.45) is 3.02. The lowest BCUT2D eigenvalue weighted by atomic mass is 9.97. The molecule has 2 aliphatic heterocycles. The number of nitrogens with one attached hydrogen (secondary N) is 1. The largest absolute Gasteiger partial charge is 0.485 e. The van der Waals surface area contributed by atoms with Gasteiger partial charge in [0.25, 0.3) is 5.91 Å². The van der Waals surface area contributed by atoms with Gasteiger partial charge < -0.3 is 19.7 Å². The van der Waals surface area contributed by atoms with Gasteiger partial charge in [-0.3, -0.25) is 4.79 Å². The Labute approximate surface area is 160 Å². The Kier molecular flexibility index (Phi) is 5.26. The Morgan fingerprint density at radius 1 is 1.31 bits per heavy atom. The maximum absolute atomic E-state index is 12.5. The highest BCUT2D eigenvalue weighted by molar-refractivity contribution is 7.15. The van der Waals surface area contributed by atoms with Crippen molar-refractivity contribution in [1.29, 1.82) is 0 Å². The average Bonchev–Trinajstić information content (AvgIpc) is 3.33. The van der Waals surface area contributed by atoms with Crippen molar-refractivity contribution in [3.05, 3.63) is 15.3 Å². The highest BCUT2D eigenvalue weighted by Crippen LogP contribution is 2.39. The van der Waals surface area contributed by atoms with Crippen LogP contribution < -0.4 is 19.7 Å². The van der Waals surface area contributed by atoms with E-state index in [9.17, 15) is 4.79 Å². The van der Waals surface area contributed by atoms with Gasteiger partial charge in [0, 0.05) is 25.0 Å². The van der Waals surface area contributed by atoms with Crippen LogP contribution in [0, 0.1) is 5.92 Å². The fourth-order valence-corrected chi connectivity index (χ4v) is 4.86. The van der Waals surface area contributed by atoms with E-state index in [-0.39, 0.29) is 5.91 Å². The normalized spacial score (nSPS) is 17.3. The van der Waals surface area contributed by atoms with Crippen molar-refractivity contribution in [2.75, 3.05) is 37.7 Å². The smallest absolute Gasteiger partial charge is 0.265 e. The quantitative estimate of drug-likeness (QED) is 0.840. The first-order valence-electron chi connectivity index (χ1n) is 8.97. The molecular formula is C17H22N4O3S2. The van der Waals surface area contributed by atoms with Crippen LogP contribution in [0.5, 0.6) is 11.5 Å². The summed E-state index contributed by atoms with van der Waals surface area (Å²) in [5.74, 6) is 1.70. The van der Waals surface area contributed by atoms with Crippen LogP contribution >= 0.6 is 22.7 Å². The van der Waals surface area contributed by atoms with E-state index in [4.69, 9.17) is 9.47 Å². The van der Waals surface area contributed by atoms with Crippen LogP contribution in [0.25, 0.3) is 0 Å². The van der Waals surface area contributed by atoms with E-state index in [0.717, 1.165) is 42.5 Å². The summed E-state index contributed by atoms with van der Waals surface area (Å²) in [5.41, 5.74) is 0. The summed E-state index contributed by atoms with van der Waals surface area (Å²) >= 11 is 3.06. The lowest BCUT2D eigenvalue weighted by Crippen LogP contribution is -2.38. The molecule has 140 valence electrons. The Balaban J connectivity index is 1.27. The van der Waals surface area contributed by atoms with E-state index >= 15 is 0 Å². The standard InChI is InChI=1S/C17H22N4O3S2/c1-2-13-19-20-17(26-13)21-5-3-11(4-6-21)9-18-16(22)15-14-12(10-25-15)23-7-8-24-14/h10-11H,2-9H2,1H3,(H,18,22). The van der Waals surface area contributed by atoms with E-state index in [0.29, 0.717) is 42.1 Å². The molecule has 2 aromatic heterocycles. The van der Waals surface area contributed by atoms with Crippen molar-refractivity contribution in [3.8, 4) is 11.5 Å². The number of aryl methyl sites for hydroxylation is 1. The molecule has 1 amide bonds. The maximum Gasteiger partial charge on any atom is 0.265 e. The molecule has 9 heteroatoms. The monoisotopic (exact) mass is 394 g/mol. The van der Waals surface area contributed by atoms with Crippen LogP contribution in [-0.2, 0) is 6.42 Å². The maximum atomic E-state index is 12.5. The third-order valence-corrected chi connectivity index (χ3v) is 6.77. The minimum absolute atomic E-state index is 0.0686. The highest BCUT2D eigenvalue weighted by atomic mass is 32.1. The molecule has 0 unspecified atom stereocenters. The van der Waals surface area contributed by atoms with Crippen LogP contribution in [0.2, 0.25) is 0 Å². The summed E-state index contributed by atoms with van der Waals surface area (Å²) in [5, 5.41) is 15.5. The van der Waals surface area contributed by atoms with Gasteiger partial charge in [-0.1, -0.05) is 18.3 Å². The lowest BCUT2D eigenvalue weighted by Gasteiger charge is -2.31. The molecule has 4 rings (SSSR count). The molecule has 1 saturated heterocycles. The number of anilines is 1. The van der Waals surface area contributed by atoms with Gasteiger partial charge in [0.1, 0.15) is 23.1 Å². The average molecular weight is 395 g/mol. The summed E-state index contributed by atoms with van der Waals surface area (Å²) in [4.78, 5) is 15.4. The number of carbonyl (C=O) groups excluding carboxylic acids is 1. The summed E-state index contributed by atoms with van der Waals surface area (Å²) in [6.45, 7) is 5.75. The first kappa shape index (κ1) is 17.5. The van der Waals surface area contributed by atoms with Crippen molar-refractivity contribution in [2.45, 2.75) is 26.2 Å². The molecule has 7 nitrogen and oxygen atoms in total. The van der Waals surface area contributed by atoms with Gasteiger partial charge >= 0.3 is 0 Å². The van der Waals surface area contributed by atoms with Crippen LogP contribution in [0.4, 0.5) is 5.13 Å². The van der Waals surface area contributed by atoms with Crippen molar-refractivity contribution < 1.29 is 14.3 Å². The van der Waals surface area contributed by atoms with E-state index in [1.54, 1.807) is 11.3 Å². The number of rotatable bonds is 5. The van der Waals surface area contributed by atoms with Crippen molar-refractivity contribution in [2.24, 2.45) is 5.92 Å². The van der Waals surface area contributed by atoms with Crippen molar-refractivity contribution in [1.82, 2.24) is 15.5 Å². The molecule has 0 aromatic carbocycles. The third kappa shape index (κ3) is 3.64. The minimum Gasteiger partial charge on any atom is -0.485 e. The highest BCUT2D eigenvalue weighted by Gasteiger charge is 2.25. The summed E-state index contributed by atoms with van der Waals surface area (Å²) in [6, 6.07) is 0. The third-order valence-electron chi connectivity index (χ3n) is 4.70. The molecule has 0 radical (unpaired) electrons. The van der Waals surface area contributed by atoms with Crippen molar-refractivity contribution >= 4 is 33.7 Å². The fourth-order valence-electron chi connectivity index (χ4n) is 3.18. The predicted molar refractivity (Wildman–Crippen MR) is 102 cm³/mol. The molecular weight excluding hydrogens is 372 g/mol. The molecule has 0 aliphatic carbocycles. The van der Waals surface area contributed by atoms with Crippen LogP contribution in [0.3, 0.4) is 0 Å². The lowest BCUT2D eigenvalue weighted by molar-refractivity contribution is 0.0940. The number of fused-ring (bicyclic) bond motifs is 1. The van der Waals surface area contributed by atoms with Gasteiger partial charge in [0.15, 0.2) is 11.5 Å². The molecule has 1 fully saturated rings. The molecule has 0 atom stereocenters. The number of hydrogen-bond donors (Lipinski definition) is 1. The van der Waals surface area contributed by atoms with Crippen molar-refractivity contribution in [3.63, 3.8) is 0 Å². The van der Waals surface area contributed by atoms with Gasteiger partial charge in [-0.05, 0) is 25.2 Å². The first-order chi connectivity index (χ1) is 12.7. The zero-order valence-electron chi connectivity index (χ0n) is 14.7. The molecule has 4 heterocycles. The second kappa shape index (κ2) is 7.79. The Morgan fingerprint density at radius 2 is 2.12 bits per heavy atom. The Bertz CT molecular complexity index is 768.